The highest BCUT2D eigenvalue weighted by Gasteiger charge is 2.19. The minimum atomic E-state index is 0.601. The number of para-hydroxylation sites is 1. The molecule has 0 aliphatic carbocycles. The van der Waals surface area contributed by atoms with Gasteiger partial charge in [0.15, 0.2) is 11.3 Å². The van der Waals surface area contributed by atoms with Crippen molar-refractivity contribution < 1.29 is 0 Å². The summed E-state index contributed by atoms with van der Waals surface area (Å²) in [6.45, 7) is 4.21. The summed E-state index contributed by atoms with van der Waals surface area (Å²) in [5.41, 5.74) is 5.83. The van der Waals surface area contributed by atoms with E-state index >= 15 is 0 Å². The summed E-state index contributed by atoms with van der Waals surface area (Å²) in [6, 6.07) is 16.0. The van der Waals surface area contributed by atoms with Gasteiger partial charge >= 0.3 is 0 Å². The van der Waals surface area contributed by atoms with Crippen LogP contribution in [0.15, 0.2) is 61.1 Å². The van der Waals surface area contributed by atoms with Crippen LogP contribution < -0.4 is 0 Å². The van der Waals surface area contributed by atoms with Crippen LogP contribution in [0.1, 0.15) is 11.3 Å². The fourth-order valence-corrected chi connectivity index (χ4v) is 3.36. The summed E-state index contributed by atoms with van der Waals surface area (Å²) in [4.78, 5) is 13.8. The van der Waals surface area contributed by atoms with Gasteiger partial charge in [-0.3, -0.25) is 9.55 Å². The van der Waals surface area contributed by atoms with Crippen LogP contribution >= 0.6 is 0 Å². The average Bonchev–Trinajstić information content (AvgIpc) is 3.23. The molecule has 0 saturated heterocycles. The standard InChI is InChI=1S/C20H16N6/c1-13-14(2)26(15-8-4-3-5-9-15)19-17(13)20-23-18(24-25(20)12-22-19)16-10-6-7-11-21-16/h3-12H,1-2H3. The number of benzene rings is 1. The number of aryl methyl sites for hydroxylation is 1. The lowest BCUT2D eigenvalue weighted by molar-refractivity contribution is 0.924. The Bertz CT molecular complexity index is 1240. The topological polar surface area (TPSA) is 60.9 Å². The molecule has 5 rings (SSSR count). The molecule has 0 amide bonds. The molecule has 5 aromatic rings. The molecule has 6 heteroatoms. The first-order valence-electron chi connectivity index (χ1n) is 8.44. The molecule has 0 aliphatic heterocycles. The minimum Gasteiger partial charge on any atom is -0.298 e. The molecule has 0 atom stereocenters. The van der Waals surface area contributed by atoms with Gasteiger partial charge in [0, 0.05) is 17.6 Å². The van der Waals surface area contributed by atoms with E-state index in [9.17, 15) is 0 Å². The molecule has 6 nitrogen and oxygen atoms in total. The van der Waals surface area contributed by atoms with Crippen molar-refractivity contribution in [2.24, 2.45) is 0 Å². The number of aromatic nitrogens is 6. The second kappa shape index (κ2) is 5.49. The number of fused-ring (bicyclic) bond motifs is 3. The van der Waals surface area contributed by atoms with Crippen molar-refractivity contribution in [2.45, 2.75) is 13.8 Å². The van der Waals surface area contributed by atoms with Gasteiger partial charge in [-0.2, -0.15) is 0 Å². The minimum absolute atomic E-state index is 0.601. The third kappa shape index (κ3) is 2.05. The second-order valence-electron chi connectivity index (χ2n) is 6.24. The molecule has 0 bridgehead atoms. The van der Waals surface area contributed by atoms with Crippen LogP contribution in [0, 0.1) is 13.8 Å². The molecule has 0 unspecified atom stereocenters. The third-order valence-electron chi connectivity index (χ3n) is 4.74. The fraction of sp³-hybridized carbons (Fsp3) is 0.100. The van der Waals surface area contributed by atoms with Crippen LogP contribution in [-0.4, -0.2) is 29.1 Å². The van der Waals surface area contributed by atoms with Crippen LogP contribution in [-0.2, 0) is 0 Å². The molecule has 26 heavy (non-hydrogen) atoms. The third-order valence-corrected chi connectivity index (χ3v) is 4.74. The Morgan fingerprint density at radius 1 is 0.846 bits per heavy atom. The van der Waals surface area contributed by atoms with Gasteiger partial charge < -0.3 is 0 Å². The highest BCUT2D eigenvalue weighted by Crippen LogP contribution is 2.30. The lowest BCUT2D eigenvalue weighted by atomic mass is 10.2. The largest absolute Gasteiger partial charge is 0.298 e. The van der Waals surface area contributed by atoms with E-state index in [-0.39, 0.29) is 0 Å². The van der Waals surface area contributed by atoms with E-state index < -0.39 is 0 Å². The first-order chi connectivity index (χ1) is 12.7. The van der Waals surface area contributed by atoms with Gasteiger partial charge in [-0.05, 0) is 43.7 Å². The van der Waals surface area contributed by atoms with Crippen molar-refractivity contribution in [2.75, 3.05) is 0 Å². The zero-order valence-electron chi connectivity index (χ0n) is 14.5. The van der Waals surface area contributed by atoms with E-state index in [2.05, 4.69) is 45.6 Å². The average molecular weight is 340 g/mol. The van der Waals surface area contributed by atoms with Crippen LogP contribution in [0.2, 0.25) is 0 Å². The number of hydrogen-bond donors (Lipinski definition) is 0. The van der Waals surface area contributed by atoms with Gasteiger partial charge in [0.2, 0.25) is 5.82 Å². The monoisotopic (exact) mass is 340 g/mol. The lowest BCUT2D eigenvalue weighted by Gasteiger charge is -2.07. The summed E-state index contributed by atoms with van der Waals surface area (Å²) in [6.07, 6.45) is 3.46. The Balaban J connectivity index is 1.83. The Kier molecular flexibility index (Phi) is 3.12. The van der Waals surface area contributed by atoms with Crippen LogP contribution in [0.5, 0.6) is 0 Å². The van der Waals surface area contributed by atoms with Crippen molar-refractivity contribution in [3.05, 3.63) is 72.3 Å². The van der Waals surface area contributed by atoms with Crippen molar-refractivity contribution >= 4 is 16.7 Å². The van der Waals surface area contributed by atoms with Crippen molar-refractivity contribution in [3.8, 4) is 17.2 Å². The van der Waals surface area contributed by atoms with Crippen LogP contribution in [0.4, 0.5) is 0 Å². The molecule has 0 N–H and O–H groups in total. The lowest BCUT2D eigenvalue weighted by Crippen LogP contribution is -1.98. The zero-order chi connectivity index (χ0) is 17.7. The predicted molar refractivity (Wildman–Crippen MR) is 100 cm³/mol. The Hall–Kier alpha value is -3.54. The summed E-state index contributed by atoms with van der Waals surface area (Å²) in [5, 5.41) is 5.57. The molecule has 0 aliphatic rings. The van der Waals surface area contributed by atoms with Gasteiger partial charge in [-0.1, -0.05) is 24.3 Å². The molecule has 4 heterocycles. The first kappa shape index (κ1) is 14.8. The number of nitrogens with zero attached hydrogens (tertiary/aromatic N) is 6. The number of hydrogen-bond acceptors (Lipinski definition) is 4. The Morgan fingerprint density at radius 2 is 1.65 bits per heavy atom. The van der Waals surface area contributed by atoms with Crippen LogP contribution in [0.25, 0.3) is 33.9 Å². The smallest absolute Gasteiger partial charge is 0.200 e. The van der Waals surface area contributed by atoms with E-state index in [1.54, 1.807) is 17.0 Å². The SMILES string of the molecule is Cc1c(C)n(-c2ccccc2)c2ncn3nc(-c4ccccn4)nc3c12. The number of pyridine rings is 1. The van der Waals surface area contributed by atoms with Gasteiger partial charge in [0.05, 0.1) is 5.39 Å². The van der Waals surface area contributed by atoms with E-state index in [1.165, 1.54) is 0 Å². The maximum atomic E-state index is 4.76. The van der Waals surface area contributed by atoms with Crippen molar-refractivity contribution in [1.82, 2.24) is 29.1 Å². The van der Waals surface area contributed by atoms with Crippen LogP contribution in [0.3, 0.4) is 0 Å². The summed E-state index contributed by atoms with van der Waals surface area (Å²) >= 11 is 0. The molecular formula is C20H16N6. The fourth-order valence-electron chi connectivity index (χ4n) is 3.36. The van der Waals surface area contributed by atoms with E-state index in [0.717, 1.165) is 39.3 Å². The Morgan fingerprint density at radius 3 is 2.42 bits per heavy atom. The number of rotatable bonds is 2. The maximum absolute atomic E-state index is 4.76. The summed E-state index contributed by atoms with van der Waals surface area (Å²) in [5.74, 6) is 0.601. The normalized spacial score (nSPS) is 11.5. The molecule has 0 radical (unpaired) electrons. The molecule has 1 aromatic carbocycles. The van der Waals surface area contributed by atoms with Crippen molar-refractivity contribution in [3.63, 3.8) is 0 Å². The Labute approximate surface area is 149 Å². The molecule has 0 spiro atoms. The molecular weight excluding hydrogens is 324 g/mol. The molecule has 126 valence electrons. The van der Waals surface area contributed by atoms with E-state index in [4.69, 9.17) is 4.98 Å². The highest BCUT2D eigenvalue weighted by molar-refractivity contribution is 5.95. The molecule has 0 saturated carbocycles. The van der Waals surface area contributed by atoms with Crippen molar-refractivity contribution in [1.29, 1.82) is 0 Å². The maximum Gasteiger partial charge on any atom is 0.200 e. The van der Waals surface area contributed by atoms with Gasteiger partial charge in [-0.25, -0.2) is 14.5 Å². The van der Waals surface area contributed by atoms with Gasteiger partial charge in [0.25, 0.3) is 0 Å². The predicted octanol–water partition coefficient (Wildman–Crippen LogP) is 3.75. The highest BCUT2D eigenvalue weighted by atomic mass is 15.3. The molecule has 0 fully saturated rings. The first-order valence-corrected chi connectivity index (χ1v) is 8.44. The quantitative estimate of drug-likeness (QED) is 0.491. The van der Waals surface area contributed by atoms with E-state index in [0.29, 0.717) is 5.82 Å². The summed E-state index contributed by atoms with van der Waals surface area (Å²) < 4.78 is 3.90. The second-order valence-corrected chi connectivity index (χ2v) is 6.24. The van der Waals surface area contributed by atoms with E-state index in [1.807, 2.05) is 36.4 Å². The van der Waals surface area contributed by atoms with Gasteiger partial charge in [0.1, 0.15) is 12.0 Å². The zero-order valence-corrected chi connectivity index (χ0v) is 14.5. The summed E-state index contributed by atoms with van der Waals surface area (Å²) in [7, 11) is 0. The van der Waals surface area contributed by atoms with Gasteiger partial charge in [-0.15, -0.1) is 5.10 Å². The molecule has 4 aromatic heterocycles.